The highest BCUT2D eigenvalue weighted by molar-refractivity contribution is 5.72. The first-order chi connectivity index (χ1) is 7.17. The molecule has 15 heavy (non-hydrogen) atoms. The lowest BCUT2D eigenvalue weighted by atomic mass is 10.0. The first-order valence-corrected chi connectivity index (χ1v) is 4.96. The number of carbonyl (C=O) groups excluding carboxylic acids is 1. The number of esters is 1. The van der Waals surface area contributed by atoms with Crippen LogP contribution in [-0.2, 0) is 16.0 Å². The van der Waals surface area contributed by atoms with Gasteiger partial charge in [0.15, 0.2) is 0 Å². The van der Waals surface area contributed by atoms with Crippen LogP contribution >= 0.6 is 0 Å². The summed E-state index contributed by atoms with van der Waals surface area (Å²) in [6.45, 7) is 5.56. The van der Waals surface area contributed by atoms with Crippen molar-refractivity contribution in [2.24, 2.45) is 5.92 Å². The Morgan fingerprint density at radius 3 is 2.53 bits per heavy atom. The Kier molecular flexibility index (Phi) is 4.10. The molecule has 1 aromatic carbocycles. The maximum Gasteiger partial charge on any atom is 0.308 e. The summed E-state index contributed by atoms with van der Waals surface area (Å²) in [5.41, 5.74) is 2.22. The average molecular weight is 204 g/mol. The predicted molar refractivity (Wildman–Crippen MR) is 61.4 cm³/mol. The molecule has 0 bridgehead atoms. The SMILES string of the molecule is C=Cc1ccc(CC(C)C(=O)OC)cc1. The van der Waals surface area contributed by atoms with E-state index in [-0.39, 0.29) is 11.9 Å². The summed E-state index contributed by atoms with van der Waals surface area (Å²) < 4.78 is 4.67. The van der Waals surface area contributed by atoms with Crippen LogP contribution in [0.3, 0.4) is 0 Å². The fourth-order valence-corrected chi connectivity index (χ4v) is 1.43. The predicted octanol–water partition coefficient (Wildman–Crippen LogP) is 2.68. The standard InChI is InChI=1S/C13H16O2/c1-4-11-5-7-12(8-6-11)9-10(2)13(14)15-3/h4-8,10H,1,9H2,2-3H3. The van der Waals surface area contributed by atoms with Gasteiger partial charge in [-0.1, -0.05) is 43.8 Å². The first kappa shape index (κ1) is 11.5. The Bertz CT molecular complexity index is 338. The lowest BCUT2D eigenvalue weighted by molar-refractivity contribution is -0.144. The van der Waals surface area contributed by atoms with Gasteiger partial charge >= 0.3 is 5.97 Å². The molecule has 0 aliphatic heterocycles. The van der Waals surface area contributed by atoms with Gasteiger partial charge in [-0.25, -0.2) is 0 Å². The van der Waals surface area contributed by atoms with Crippen LogP contribution in [0.1, 0.15) is 18.1 Å². The van der Waals surface area contributed by atoms with E-state index in [1.807, 2.05) is 31.2 Å². The molecular weight excluding hydrogens is 188 g/mol. The van der Waals surface area contributed by atoms with Gasteiger partial charge in [0, 0.05) is 0 Å². The number of ether oxygens (including phenoxy) is 1. The van der Waals surface area contributed by atoms with Gasteiger partial charge in [-0.05, 0) is 17.5 Å². The molecule has 0 amide bonds. The van der Waals surface area contributed by atoms with Crippen LogP contribution in [0.2, 0.25) is 0 Å². The Morgan fingerprint density at radius 2 is 2.07 bits per heavy atom. The molecule has 2 nitrogen and oxygen atoms in total. The molecule has 1 rings (SSSR count). The molecule has 0 aliphatic carbocycles. The zero-order valence-corrected chi connectivity index (χ0v) is 9.19. The summed E-state index contributed by atoms with van der Waals surface area (Å²) in [6, 6.07) is 8.01. The van der Waals surface area contributed by atoms with E-state index >= 15 is 0 Å². The summed E-state index contributed by atoms with van der Waals surface area (Å²) in [4.78, 5) is 11.2. The quantitative estimate of drug-likeness (QED) is 0.705. The molecule has 0 saturated carbocycles. The second kappa shape index (κ2) is 5.35. The number of rotatable bonds is 4. The van der Waals surface area contributed by atoms with Crippen molar-refractivity contribution in [3.05, 3.63) is 42.0 Å². The van der Waals surface area contributed by atoms with E-state index in [0.717, 1.165) is 11.1 Å². The summed E-state index contributed by atoms with van der Waals surface area (Å²) in [5.74, 6) is -0.257. The Labute approximate surface area is 90.6 Å². The lowest BCUT2D eigenvalue weighted by Gasteiger charge is -2.08. The van der Waals surface area contributed by atoms with Crippen molar-refractivity contribution < 1.29 is 9.53 Å². The van der Waals surface area contributed by atoms with Gasteiger partial charge in [-0.15, -0.1) is 0 Å². The minimum Gasteiger partial charge on any atom is -0.469 e. The van der Waals surface area contributed by atoms with Crippen LogP contribution in [0.4, 0.5) is 0 Å². The Hall–Kier alpha value is -1.57. The van der Waals surface area contributed by atoms with Gasteiger partial charge in [0.1, 0.15) is 0 Å². The molecule has 0 spiro atoms. The molecule has 1 aromatic rings. The van der Waals surface area contributed by atoms with E-state index in [0.29, 0.717) is 6.42 Å². The fraction of sp³-hybridized carbons (Fsp3) is 0.308. The van der Waals surface area contributed by atoms with E-state index in [1.165, 1.54) is 7.11 Å². The molecule has 80 valence electrons. The van der Waals surface area contributed by atoms with E-state index < -0.39 is 0 Å². The highest BCUT2D eigenvalue weighted by Crippen LogP contribution is 2.11. The molecule has 0 fully saturated rings. The third-order valence-electron chi connectivity index (χ3n) is 2.36. The van der Waals surface area contributed by atoms with Gasteiger partial charge in [0.25, 0.3) is 0 Å². The third kappa shape index (κ3) is 3.24. The van der Waals surface area contributed by atoms with Crippen LogP contribution < -0.4 is 0 Å². The largest absolute Gasteiger partial charge is 0.469 e. The molecule has 0 aromatic heterocycles. The van der Waals surface area contributed by atoms with Crippen molar-refractivity contribution in [3.63, 3.8) is 0 Å². The van der Waals surface area contributed by atoms with Crippen LogP contribution in [-0.4, -0.2) is 13.1 Å². The number of carbonyl (C=O) groups is 1. The van der Waals surface area contributed by atoms with Crippen LogP contribution in [0.25, 0.3) is 6.08 Å². The second-order valence-electron chi connectivity index (χ2n) is 3.57. The highest BCUT2D eigenvalue weighted by Gasteiger charge is 2.13. The van der Waals surface area contributed by atoms with Crippen molar-refractivity contribution >= 4 is 12.0 Å². The van der Waals surface area contributed by atoms with Crippen molar-refractivity contribution in [3.8, 4) is 0 Å². The normalized spacial score (nSPS) is 11.9. The number of benzene rings is 1. The second-order valence-corrected chi connectivity index (χ2v) is 3.57. The van der Waals surface area contributed by atoms with Crippen LogP contribution in [0.15, 0.2) is 30.8 Å². The number of methoxy groups -OCH3 is 1. The average Bonchev–Trinajstić information content (AvgIpc) is 2.29. The third-order valence-corrected chi connectivity index (χ3v) is 2.36. The van der Waals surface area contributed by atoms with Gasteiger partial charge in [-0.2, -0.15) is 0 Å². The summed E-state index contributed by atoms with van der Waals surface area (Å²) in [7, 11) is 1.42. The molecule has 1 unspecified atom stereocenters. The molecule has 0 saturated heterocycles. The molecular formula is C13H16O2. The smallest absolute Gasteiger partial charge is 0.308 e. The lowest BCUT2D eigenvalue weighted by Crippen LogP contribution is -2.14. The molecule has 0 radical (unpaired) electrons. The number of hydrogen-bond acceptors (Lipinski definition) is 2. The molecule has 0 aliphatic rings. The Balaban J connectivity index is 2.64. The van der Waals surface area contributed by atoms with E-state index in [2.05, 4.69) is 11.3 Å². The van der Waals surface area contributed by atoms with Crippen molar-refractivity contribution in [1.29, 1.82) is 0 Å². The van der Waals surface area contributed by atoms with Gasteiger partial charge in [0.2, 0.25) is 0 Å². The van der Waals surface area contributed by atoms with Gasteiger partial charge < -0.3 is 4.74 Å². The molecule has 0 heterocycles. The van der Waals surface area contributed by atoms with E-state index in [1.54, 1.807) is 6.08 Å². The summed E-state index contributed by atoms with van der Waals surface area (Å²) >= 11 is 0. The minimum atomic E-state index is -0.164. The number of hydrogen-bond donors (Lipinski definition) is 0. The maximum absolute atomic E-state index is 11.2. The van der Waals surface area contributed by atoms with Gasteiger partial charge in [0.05, 0.1) is 13.0 Å². The molecule has 1 atom stereocenters. The zero-order chi connectivity index (χ0) is 11.3. The first-order valence-electron chi connectivity index (χ1n) is 4.96. The molecule has 0 N–H and O–H groups in total. The summed E-state index contributed by atoms with van der Waals surface area (Å²) in [6.07, 6.45) is 2.51. The van der Waals surface area contributed by atoms with Crippen LogP contribution in [0.5, 0.6) is 0 Å². The van der Waals surface area contributed by atoms with E-state index in [4.69, 9.17) is 0 Å². The van der Waals surface area contributed by atoms with E-state index in [9.17, 15) is 4.79 Å². The van der Waals surface area contributed by atoms with Crippen molar-refractivity contribution in [2.45, 2.75) is 13.3 Å². The zero-order valence-electron chi connectivity index (χ0n) is 9.19. The monoisotopic (exact) mass is 204 g/mol. The Morgan fingerprint density at radius 1 is 1.47 bits per heavy atom. The molecule has 2 heteroatoms. The fourth-order valence-electron chi connectivity index (χ4n) is 1.43. The maximum atomic E-state index is 11.2. The summed E-state index contributed by atoms with van der Waals surface area (Å²) in [5, 5.41) is 0. The van der Waals surface area contributed by atoms with Crippen molar-refractivity contribution in [1.82, 2.24) is 0 Å². The van der Waals surface area contributed by atoms with Crippen LogP contribution in [0, 0.1) is 5.92 Å². The minimum absolute atomic E-state index is 0.0930. The van der Waals surface area contributed by atoms with Crippen molar-refractivity contribution in [2.75, 3.05) is 7.11 Å². The topological polar surface area (TPSA) is 26.3 Å². The van der Waals surface area contributed by atoms with Gasteiger partial charge in [-0.3, -0.25) is 4.79 Å². The highest BCUT2D eigenvalue weighted by atomic mass is 16.5.